The molecule has 2 rings (SSSR count). The van der Waals surface area contributed by atoms with E-state index in [0.717, 1.165) is 0 Å². The Balaban J connectivity index is 2.61. The maximum atomic E-state index is 13.0. The molecule has 0 fully saturated rings. The van der Waals surface area contributed by atoms with Crippen LogP contribution in [-0.2, 0) is 4.74 Å². The third-order valence-corrected chi connectivity index (χ3v) is 3.09. The Hall–Kier alpha value is -1.69. The molecule has 0 atom stereocenters. The van der Waals surface area contributed by atoms with Crippen molar-refractivity contribution in [3.05, 3.63) is 39.8 Å². The minimum absolute atomic E-state index is 0.241. The third-order valence-electron chi connectivity index (χ3n) is 2.44. The van der Waals surface area contributed by atoms with Crippen LogP contribution >= 0.6 is 15.9 Å². The van der Waals surface area contributed by atoms with Gasteiger partial charge in [-0.15, -0.1) is 0 Å². The van der Waals surface area contributed by atoms with Crippen molar-refractivity contribution in [2.45, 2.75) is 6.92 Å². The molecule has 0 spiro atoms. The largest absolute Gasteiger partial charge is 0.465 e. The van der Waals surface area contributed by atoms with Crippen LogP contribution in [0.25, 0.3) is 11.3 Å². The van der Waals surface area contributed by atoms with Crippen molar-refractivity contribution in [2.24, 2.45) is 0 Å². The molecule has 94 valence electrons. The summed E-state index contributed by atoms with van der Waals surface area (Å²) in [6.07, 6.45) is 0. The zero-order chi connectivity index (χ0) is 13.3. The number of esters is 1. The lowest BCUT2D eigenvalue weighted by Gasteiger charge is -2.03. The number of halogens is 2. The second-order valence-corrected chi connectivity index (χ2v) is 4.43. The first-order chi connectivity index (χ1) is 8.54. The molecular weight excluding hydrogens is 305 g/mol. The molecule has 4 nitrogen and oxygen atoms in total. The summed E-state index contributed by atoms with van der Waals surface area (Å²) in [5.41, 5.74) is 1.13. The molecule has 0 N–H and O–H groups in total. The number of nitrogens with zero attached hydrogens (tertiary/aromatic N) is 1. The molecule has 1 aromatic carbocycles. The van der Waals surface area contributed by atoms with E-state index in [-0.39, 0.29) is 11.4 Å². The number of aromatic nitrogens is 1. The zero-order valence-electron chi connectivity index (χ0n) is 9.66. The smallest absolute Gasteiger partial charge is 0.343 e. The number of benzene rings is 1. The lowest BCUT2D eigenvalue weighted by Crippen LogP contribution is -2.03. The molecule has 6 heteroatoms. The van der Waals surface area contributed by atoms with Crippen molar-refractivity contribution >= 4 is 21.9 Å². The molecule has 0 bridgehead atoms. The van der Waals surface area contributed by atoms with Gasteiger partial charge >= 0.3 is 5.97 Å². The van der Waals surface area contributed by atoms with Crippen LogP contribution in [0.1, 0.15) is 16.1 Å². The van der Waals surface area contributed by atoms with Gasteiger partial charge in [-0.3, -0.25) is 0 Å². The molecule has 0 saturated carbocycles. The summed E-state index contributed by atoms with van der Waals surface area (Å²) < 4.78 is 23.2. The first kappa shape index (κ1) is 12.8. The number of methoxy groups -OCH3 is 1. The van der Waals surface area contributed by atoms with Gasteiger partial charge in [-0.05, 0) is 41.1 Å². The van der Waals surface area contributed by atoms with E-state index >= 15 is 0 Å². The average molecular weight is 314 g/mol. The molecule has 1 aromatic heterocycles. The van der Waals surface area contributed by atoms with E-state index in [1.54, 1.807) is 6.92 Å². The minimum atomic E-state index is -0.542. The monoisotopic (exact) mass is 313 g/mol. The standard InChI is InChI=1S/C12H9BrFNO3/c1-6-10(12(16)17-2)11(15-18-6)8-4-3-7(14)5-9(8)13/h3-5H,1-2H3. The van der Waals surface area contributed by atoms with Crippen molar-refractivity contribution in [1.29, 1.82) is 0 Å². The molecule has 0 unspecified atom stereocenters. The van der Waals surface area contributed by atoms with E-state index in [1.807, 2.05) is 0 Å². The molecule has 0 aliphatic carbocycles. The number of carbonyl (C=O) groups excluding carboxylic acids is 1. The number of rotatable bonds is 2. The van der Waals surface area contributed by atoms with Gasteiger partial charge in [-0.25, -0.2) is 9.18 Å². The van der Waals surface area contributed by atoms with Crippen LogP contribution in [0.3, 0.4) is 0 Å². The van der Waals surface area contributed by atoms with Crippen LogP contribution in [0.15, 0.2) is 27.2 Å². The summed E-state index contributed by atoms with van der Waals surface area (Å²) >= 11 is 3.22. The lowest BCUT2D eigenvalue weighted by molar-refractivity contribution is 0.0599. The van der Waals surface area contributed by atoms with Crippen molar-refractivity contribution in [3.63, 3.8) is 0 Å². The van der Waals surface area contributed by atoms with Crippen molar-refractivity contribution in [3.8, 4) is 11.3 Å². The van der Waals surface area contributed by atoms with E-state index in [2.05, 4.69) is 25.8 Å². The topological polar surface area (TPSA) is 52.3 Å². The SMILES string of the molecule is COC(=O)c1c(-c2ccc(F)cc2Br)noc1C. The molecule has 1 heterocycles. The number of aryl methyl sites for hydroxylation is 1. The fourth-order valence-corrected chi connectivity index (χ4v) is 2.12. The zero-order valence-corrected chi connectivity index (χ0v) is 11.2. The Morgan fingerprint density at radius 1 is 1.50 bits per heavy atom. The van der Waals surface area contributed by atoms with Gasteiger partial charge in [-0.2, -0.15) is 0 Å². The fourth-order valence-electron chi connectivity index (χ4n) is 1.58. The van der Waals surface area contributed by atoms with Crippen LogP contribution in [0.2, 0.25) is 0 Å². The Morgan fingerprint density at radius 3 is 2.83 bits per heavy atom. The first-order valence-corrected chi connectivity index (χ1v) is 5.84. The van der Waals surface area contributed by atoms with Crippen LogP contribution in [0.5, 0.6) is 0 Å². The summed E-state index contributed by atoms with van der Waals surface area (Å²) in [7, 11) is 1.28. The van der Waals surface area contributed by atoms with Crippen LogP contribution in [-0.4, -0.2) is 18.2 Å². The predicted octanol–water partition coefficient (Wildman–Crippen LogP) is 3.34. The number of hydrogen-bond acceptors (Lipinski definition) is 4. The summed E-state index contributed by atoms with van der Waals surface area (Å²) in [6.45, 7) is 1.61. The summed E-state index contributed by atoms with van der Waals surface area (Å²) in [5.74, 6) is -0.571. The van der Waals surface area contributed by atoms with E-state index in [4.69, 9.17) is 4.52 Å². The Morgan fingerprint density at radius 2 is 2.22 bits per heavy atom. The number of hydrogen-bond donors (Lipinski definition) is 0. The normalized spacial score (nSPS) is 10.4. The second-order valence-electron chi connectivity index (χ2n) is 3.58. The van der Waals surface area contributed by atoms with Gasteiger partial charge < -0.3 is 9.26 Å². The average Bonchev–Trinajstić information content (AvgIpc) is 2.70. The van der Waals surface area contributed by atoms with Gasteiger partial charge in [0.25, 0.3) is 0 Å². The molecular formula is C12H9BrFNO3. The second kappa shape index (κ2) is 4.89. The molecule has 0 amide bonds. The van der Waals surface area contributed by atoms with E-state index < -0.39 is 5.97 Å². The Bertz CT molecular complexity index is 609. The van der Waals surface area contributed by atoms with E-state index in [9.17, 15) is 9.18 Å². The quantitative estimate of drug-likeness (QED) is 0.798. The van der Waals surface area contributed by atoms with Gasteiger partial charge in [0.1, 0.15) is 22.8 Å². The Labute approximate surface area is 111 Å². The summed E-state index contributed by atoms with van der Waals surface area (Å²) in [5, 5.41) is 3.82. The minimum Gasteiger partial charge on any atom is -0.465 e. The van der Waals surface area contributed by atoms with Crippen molar-refractivity contribution < 1.29 is 18.4 Å². The van der Waals surface area contributed by atoms with Crippen molar-refractivity contribution in [1.82, 2.24) is 5.16 Å². The summed E-state index contributed by atoms with van der Waals surface area (Å²) in [6, 6.07) is 4.09. The maximum absolute atomic E-state index is 13.0. The highest BCUT2D eigenvalue weighted by Gasteiger charge is 2.23. The highest BCUT2D eigenvalue weighted by atomic mass is 79.9. The van der Waals surface area contributed by atoms with E-state index in [0.29, 0.717) is 21.5 Å². The predicted molar refractivity (Wildman–Crippen MR) is 65.7 cm³/mol. The van der Waals surface area contributed by atoms with Gasteiger partial charge in [0, 0.05) is 10.0 Å². The van der Waals surface area contributed by atoms with Gasteiger partial charge in [-0.1, -0.05) is 5.16 Å². The van der Waals surface area contributed by atoms with Crippen molar-refractivity contribution in [2.75, 3.05) is 7.11 Å². The number of carbonyl (C=O) groups is 1. The molecule has 0 aliphatic heterocycles. The molecule has 2 aromatic rings. The van der Waals surface area contributed by atoms with Gasteiger partial charge in [0.15, 0.2) is 0 Å². The summed E-state index contributed by atoms with van der Waals surface area (Å²) in [4.78, 5) is 11.7. The van der Waals surface area contributed by atoms with Crippen LogP contribution in [0, 0.1) is 12.7 Å². The molecule has 18 heavy (non-hydrogen) atoms. The molecule has 0 radical (unpaired) electrons. The maximum Gasteiger partial charge on any atom is 0.343 e. The lowest BCUT2D eigenvalue weighted by atomic mass is 10.1. The highest BCUT2D eigenvalue weighted by Crippen LogP contribution is 2.32. The third kappa shape index (κ3) is 2.15. The van der Waals surface area contributed by atoms with Crippen LogP contribution < -0.4 is 0 Å². The first-order valence-electron chi connectivity index (χ1n) is 5.04. The highest BCUT2D eigenvalue weighted by molar-refractivity contribution is 9.10. The van der Waals surface area contributed by atoms with Gasteiger partial charge in [0.2, 0.25) is 0 Å². The molecule has 0 saturated heterocycles. The van der Waals surface area contributed by atoms with Crippen LogP contribution in [0.4, 0.5) is 4.39 Å². The van der Waals surface area contributed by atoms with Gasteiger partial charge in [0.05, 0.1) is 7.11 Å². The fraction of sp³-hybridized carbons (Fsp3) is 0.167. The van der Waals surface area contributed by atoms with E-state index in [1.165, 1.54) is 25.3 Å². The molecule has 0 aliphatic rings. The number of ether oxygens (including phenoxy) is 1. The Kier molecular flexibility index (Phi) is 3.47.